The van der Waals surface area contributed by atoms with Gasteiger partial charge in [-0.2, -0.15) is 0 Å². The fourth-order valence-electron chi connectivity index (χ4n) is 9.67. The van der Waals surface area contributed by atoms with Crippen molar-refractivity contribution in [3.8, 4) is 0 Å². The van der Waals surface area contributed by atoms with Gasteiger partial charge < -0.3 is 20.3 Å². The number of unbranched alkanes of at least 4 members (excludes halogenated alkanes) is 42. The van der Waals surface area contributed by atoms with Crippen LogP contribution >= 0.6 is 0 Å². The number of esters is 1. The van der Waals surface area contributed by atoms with Crippen LogP contribution in [0.15, 0.2) is 48.6 Å². The number of aliphatic hydroxyl groups is 2. The predicted octanol–water partition coefficient (Wildman–Crippen LogP) is 20.1. The molecule has 2 unspecified atom stereocenters. The third kappa shape index (κ3) is 57.1. The van der Waals surface area contributed by atoms with Crippen LogP contribution in [0.3, 0.4) is 0 Å². The molecular formula is C66H123NO5. The summed E-state index contributed by atoms with van der Waals surface area (Å²) in [4.78, 5) is 24.5. The van der Waals surface area contributed by atoms with Crippen LogP contribution < -0.4 is 5.32 Å². The fraction of sp³-hybridized carbons (Fsp3) is 0.848. The smallest absolute Gasteiger partial charge is 0.305 e. The first-order valence-electron chi connectivity index (χ1n) is 31.9. The van der Waals surface area contributed by atoms with Crippen LogP contribution in [0.1, 0.15) is 335 Å². The van der Waals surface area contributed by atoms with Crippen molar-refractivity contribution in [2.75, 3.05) is 13.2 Å². The second kappa shape index (κ2) is 61.4. The molecule has 6 nitrogen and oxygen atoms in total. The van der Waals surface area contributed by atoms with E-state index in [1.807, 2.05) is 6.08 Å². The Bertz CT molecular complexity index is 1210. The minimum Gasteiger partial charge on any atom is -0.466 e. The number of nitrogens with one attached hydrogen (secondary N) is 1. The first-order valence-corrected chi connectivity index (χ1v) is 31.9. The molecule has 0 aliphatic rings. The van der Waals surface area contributed by atoms with Crippen molar-refractivity contribution in [1.29, 1.82) is 0 Å². The SMILES string of the molecule is CCC/C=C\C/C=C\CCCCCCCC(=O)OCCCCCCCCCCCCCC/C=C\CCCCCCCCCCCCC(=O)NC(CO)C(O)/C=C/CCCCCCCCCCCCCCCC. The minimum atomic E-state index is -0.846. The van der Waals surface area contributed by atoms with Gasteiger partial charge in [-0.05, 0) is 83.5 Å². The molecule has 72 heavy (non-hydrogen) atoms. The van der Waals surface area contributed by atoms with E-state index < -0.39 is 12.1 Å². The van der Waals surface area contributed by atoms with Crippen LogP contribution in [0.2, 0.25) is 0 Å². The summed E-state index contributed by atoms with van der Waals surface area (Å²) in [6, 6.07) is -0.630. The number of allylic oxidation sites excluding steroid dienone is 7. The Morgan fingerprint density at radius 2 is 0.722 bits per heavy atom. The summed E-state index contributed by atoms with van der Waals surface area (Å²) in [6.07, 6.45) is 78.7. The fourth-order valence-corrected chi connectivity index (χ4v) is 9.67. The second-order valence-corrected chi connectivity index (χ2v) is 21.7. The Morgan fingerprint density at radius 3 is 1.12 bits per heavy atom. The highest BCUT2D eigenvalue weighted by Crippen LogP contribution is 2.17. The van der Waals surface area contributed by atoms with E-state index in [0.717, 1.165) is 51.4 Å². The molecule has 1 amide bonds. The average molecular weight is 1010 g/mol. The molecule has 6 heteroatoms. The van der Waals surface area contributed by atoms with Gasteiger partial charge in [-0.3, -0.25) is 9.59 Å². The normalized spacial score (nSPS) is 12.9. The van der Waals surface area contributed by atoms with E-state index in [0.29, 0.717) is 19.4 Å². The summed E-state index contributed by atoms with van der Waals surface area (Å²) in [5.41, 5.74) is 0. The lowest BCUT2D eigenvalue weighted by molar-refractivity contribution is -0.143. The van der Waals surface area contributed by atoms with Crippen LogP contribution in [-0.4, -0.2) is 47.4 Å². The summed E-state index contributed by atoms with van der Waals surface area (Å²) < 4.78 is 5.47. The molecule has 0 saturated heterocycles. The van der Waals surface area contributed by atoms with Gasteiger partial charge in [0, 0.05) is 12.8 Å². The van der Waals surface area contributed by atoms with Crippen molar-refractivity contribution in [2.45, 2.75) is 347 Å². The maximum absolute atomic E-state index is 12.5. The number of rotatable bonds is 59. The molecule has 0 rings (SSSR count). The Hall–Kier alpha value is -2.18. The molecule has 0 fully saturated rings. The topological polar surface area (TPSA) is 95.9 Å². The second-order valence-electron chi connectivity index (χ2n) is 21.7. The standard InChI is InChI=1S/C66H123NO5/c1-3-5-7-9-11-13-15-17-18-31-35-38-42-46-50-54-58-64(69)63(62-68)67-65(70)59-55-51-47-43-39-36-32-29-27-25-23-21-19-20-22-24-26-28-30-33-37-41-45-49-53-57-61-72-66(71)60-56-52-48-44-40-34-16-14-12-10-8-6-4-2/h8,10,14,16,19,21,54,58,63-64,68-69H,3-7,9,11-13,15,17-18,20,22-53,55-57,59-62H2,1-2H3,(H,67,70)/b10-8-,16-14-,21-19-,58-54+. The zero-order valence-corrected chi connectivity index (χ0v) is 48.2. The molecule has 0 bridgehead atoms. The van der Waals surface area contributed by atoms with Crippen molar-refractivity contribution in [3.63, 3.8) is 0 Å². The summed E-state index contributed by atoms with van der Waals surface area (Å²) in [5, 5.41) is 23.2. The molecule has 422 valence electrons. The van der Waals surface area contributed by atoms with Crippen molar-refractivity contribution in [2.24, 2.45) is 0 Å². The Kier molecular flexibility index (Phi) is 59.5. The van der Waals surface area contributed by atoms with Crippen molar-refractivity contribution >= 4 is 11.9 Å². The number of ether oxygens (including phenoxy) is 1. The largest absolute Gasteiger partial charge is 0.466 e. The maximum Gasteiger partial charge on any atom is 0.305 e. The van der Waals surface area contributed by atoms with Gasteiger partial charge in [0.1, 0.15) is 0 Å². The molecule has 0 aliphatic carbocycles. The molecular weight excluding hydrogens is 887 g/mol. The van der Waals surface area contributed by atoms with Crippen molar-refractivity contribution in [1.82, 2.24) is 5.32 Å². The van der Waals surface area contributed by atoms with Gasteiger partial charge in [0.2, 0.25) is 5.91 Å². The highest BCUT2D eigenvalue weighted by molar-refractivity contribution is 5.76. The average Bonchev–Trinajstić information content (AvgIpc) is 3.38. The number of carbonyl (C=O) groups is 2. The summed E-state index contributed by atoms with van der Waals surface area (Å²) >= 11 is 0. The van der Waals surface area contributed by atoms with E-state index in [2.05, 4.69) is 55.6 Å². The third-order valence-corrected chi connectivity index (χ3v) is 14.5. The molecule has 0 spiro atoms. The summed E-state index contributed by atoms with van der Waals surface area (Å²) in [7, 11) is 0. The zero-order chi connectivity index (χ0) is 52.2. The van der Waals surface area contributed by atoms with Crippen LogP contribution in [0.25, 0.3) is 0 Å². The Morgan fingerprint density at radius 1 is 0.389 bits per heavy atom. The van der Waals surface area contributed by atoms with Gasteiger partial charge >= 0.3 is 5.97 Å². The lowest BCUT2D eigenvalue weighted by Crippen LogP contribution is -2.45. The quantitative estimate of drug-likeness (QED) is 0.0320. The van der Waals surface area contributed by atoms with Crippen molar-refractivity contribution < 1.29 is 24.5 Å². The van der Waals surface area contributed by atoms with Crippen molar-refractivity contribution in [3.05, 3.63) is 48.6 Å². The van der Waals surface area contributed by atoms with Gasteiger partial charge in [-0.1, -0.05) is 287 Å². The summed E-state index contributed by atoms with van der Waals surface area (Å²) in [6.45, 7) is 4.85. The number of carbonyl (C=O) groups excluding carboxylic acids is 2. The minimum absolute atomic E-state index is 0.00176. The Balaban J connectivity index is 3.42. The van der Waals surface area contributed by atoms with E-state index in [1.54, 1.807) is 6.08 Å². The molecule has 0 heterocycles. The molecule has 0 saturated carbocycles. The van der Waals surface area contributed by atoms with Gasteiger partial charge in [0.15, 0.2) is 0 Å². The highest BCUT2D eigenvalue weighted by atomic mass is 16.5. The molecule has 0 aliphatic heterocycles. The van der Waals surface area contributed by atoms with E-state index in [4.69, 9.17) is 4.74 Å². The maximum atomic E-state index is 12.5. The molecule has 0 aromatic carbocycles. The van der Waals surface area contributed by atoms with E-state index in [1.165, 1.54) is 257 Å². The number of aliphatic hydroxyl groups excluding tert-OH is 2. The zero-order valence-electron chi connectivity index (χ0n) is 48.2. The highest BCUT2D eigenvalue weighted by Gasteiger charge is 2.18. The lowest BCUT2D eigenvalue weighted by Gasteiger charge is -2.20. The summed E-state index contributed by atoms with van der Waals surface area (Å²) in [5.74, 6) is -0.0705. The van der Waals surface area contributed by atoms with Crippen LogP contribution in [0.4, 0.5) is 0 Å². The first-order chi connectivity index (χ1) is 35.5. The van der Waals surface area contributed by atoms with Crippen LogP contribution in [0, 0.1) is 0 Å². The van der Waals surface area contributed by atoms with Crippen LogP contribution in [-0.2, 0) is 14.3 Å². The Labute approximate surface area is 448 Å². The molecule has 3 N–H and O–H groups in total. The number of hydrogen-bond acceptors (Lipinski definition) is 5. The van der Waals surface area contributed by atoms with Gasteiger partial charge in [0.05, 0.1) is 25.4 Å². The number of hydrogen-bond donors (Lipinski definition) is 3. The molecule has 0 radical (unpaired) electrons. The monoisotopic (exact) mass is 1010 g/mol. The number of amides is 1. The van der Waals surface area contributed by atoms with Crippen LogP contribution in [0.5, 0.6) is 0 Å². The molecule has 0 aromatic rings. The predicted molar refractivity (Wildman–Crippen MR) is 315 cm³/mol. The van der Waals surface area contributed by atoms with Gasteiger partial charge in [-0.25, -0.2) is 0 Å². The van der Waals surface area contributed by atoms with Gasteiger partial charge in [0.25, 0.3) is 0 Å². The van der Waals surface area contributed by atoms with E-state index >= 15 is 0 Å². The van der Waals surface area contributed by atoms with E-state index in [9.17, 15) is 19.8 Å². The lowest BCUT2D eigenvalue weighted by atomic mass is 10.0. The van der Waals surface area contributed by atoms with Gasteiger partial charge in [-0.15, -0.1) is 0 Å². The van der Waals surface area contributed by atoms with E-state index in [-0.39, 0.29) is 18.5 Å². The molecule has 0 aromatic heterocycles. The third-order valence-electron chi connectivity index (χ3n) is 14.5. The molecule has 2 atom stereocenters. The first kappa shape index (κ1) is 69.8.